The summed E-state index contributed by atoms with van der Waals surface area (Å²) in [6.45, 7) is 0. The van der Waals surface area contributed by atoms with Crippen LogP contribution >= 0.6 is 27.5 Å². The van der Waals surface area contributed by atoms with Crippen LogP contribution < -0.4 is 0 Å². The SMILES string of the molecule is O=C(O)c1nc(Br)c(Cl)cc1C(F)F. The molecule has 1 aromatic rings. The van der Waals surface area contributed by atoms with Crippen LogP contribution in [0.2, 0.25) is 5.02 Å². The average molecular weight is 286 g/mol. The van der Waals surface area contributed by atoms with Gasteiger partial charge in [0.05, 0.1) is 10.6 Å². The van der Waals surface area contributed by atoms with Crippen LogP contribution in [0.3, 0.4) is 0 Å². The number of aromatic carboxylic acids is 1. The average Bonchev–Trinajstić information content (AvgIpc) is 2.08. The second-order valence-corrected chi connectivity index (χ2v) is 3.46. The van der Waals surface area contributed by atoms with E-state index < -0.39 is 23.7 Å². The number of halogens is 4. The standard InChI is InChI=1S/C7H3BrClF2NO2/c8-5-3(9)1-2(6(10)11)4(12-5)7(13)14/h1,6H,(H,13,14). The fourth-order valence-electron chi connectivity index (χ4n) is 0.818. The predicted molar refractivity (Wildman–Crippen MR) is 48.9 cm³/mol. The van der Waals surface area contributed by atoms with Gasteiger partial charge < -0.3 is 5.11 Å². The van der Waals surface area contributed by atoms with Gasteiger partial charge in [0.1, 0.15) is 4.60 Å². The Kier molecular flexibility index (Phi) is 3.38. The number of nitrogens with zero attached hydrogens (tertiary/aromatic N) is 1. The summed E-state index contributed by atoms with van der Waals surface area (Å²) in [4.78, 5) is 13.9. The van der Waals surface area contributed by atoms with Crippen molar-refractivity contribution in [3.05, 3.63) is 26.9 Å². The smallest absolute Gasteiger partial charge is 0.355 e. The Morgan fingerprint density at radius 2 is 2.21 bits per heavy atom. The monoisotopic (exact) mass is 285 g/mol. The summed E-state index contributed by atoms with van der Waals surface area (Å²) in [5, 5.41) is 8.52. The molecule has 0 spiro atoms. The quantitative estimate of drug-likeness (QED) is 0.850. The molecule has 0 amide bonds. The minimum Gasteiger partial charge on any atom is -0.476 e. The Bertz CT molecular complexity index is 386. The first-order valence-electron chi connectivity index (χ1n) is 3.31. The molecule has 3 nitrogen and oxygen atoms in total. The number of pyridine rings is 1. The Balaban J connectivity index is 3.39. The molecule has 7 heteroatoms. The molecule has 0 saturated carbocycles. The molecule has 0 fully saturated rings. The molecule has 76 valence electrons. The molecule has 0 radical (unpaired) electrons. The molecule has 0 unspecified atom stereocenters. The molecule has 0 aliphatic heterocycles. The van der Waals surface area contributed by atoms with Crippen molar-refractivity contribution in [2.24, 2.45) is 0 Å². The van der Waals surface area contributed by atoms with Gasteiger partial charge in [-0.25, -0.2) is 18.6 Å². The van der Waals surface area contributed by atoms with Crippen molar-refractivity contribution >= 4 is 33.5 Å². The highest BCUT2D eigenvalue weighted by molar-refractivity contribution is 9.10. The van der Waals surface area contributed by atoms with E-state index in [4.69, 9.17) is 16.7 Å². The molecule has 1 aromatic heterocycles. The van der Waals surface area contributed by atoms with E-state index in [-0.39, 0.29) is 9.63 Å². The Morgan fingerprint density at radius 1 is 1.64 bits per heavy atom. The Morgan fingerprint density at radius 3 is 2.64 bits per heavy atom. The van der Waals surface area contributed by atoms with Crippen molar-refractivity contribution in [1.82, 2.24) is 4.98 Å². The van der Waals surface area contributed by atoms with E-state index in [0.717, 1.165) is 6.07 Å². The minimum atomic E-state index is -2.92. The third-order valence-electron chi connectivity index (χ3n) is 1.40. The number of carbonyl (C=O) groups is 1. The van der Waals surface area contributed by atoms with Crippen LogP contribution in [0.15, 0.2) is 10.7 Å². The molecule has 0 aromatic carbocycles. The number of rotatable bonds is 2. The number of carboxylic acid groups (broad SMARTS) is 1. The highest BCUT2D eigenvalue weighted by Gasteiger charge is 2.21. The van der Waals surface area contributed by atoms with Crippen LogP contribution in [-0.2, 0) is 0 Å². The van der Waals surface area contributed by atoms with Gasteiger partial charge in [0.25, 0.3) is 6.43 Å². The largest absolute Gasteiger partial charge is 0.476 e. The topological polar surface area (TPSA) is 50.2 Å². The molecule has 1 rings (SSSR count). The summed E-state index contributed by atoms with van der Waals surface area (Å²) >= 11 is 8.35. The summed E-state index contributed by atoms with van der Waals surface area (Å²) in [5.41, 5.74) is -1.39. The van der Waals surface area contributed by atoms with E-state index in [1.807, 2.05) is 0 Å². The third kappa shape index (κ3) is 2.19. The Labute approximate surface area is 90.8 Å². The van der Waals surface area contributed by atoms with Gasteiger partial charge in [-0.05, 0) is 22.0 Å². The molecule has 0 aliphatic rings. The van der Waals surface area contributed by atoms with Gasteiger partial charge in [0.15, 0.2) is 5.69 Å². The normalized spacial score (nSPS) is 10.6. The molecule has 0 bridgehead atoms. The van der Waals surface area contributed by atoms with Gasteiger partial charge in [-0.1, -0.05) is 11.6 Å². The van der Waals surface area contributed by atoms with Crippen LogP contribution in [0, 0.1) is 0 Å². The number of hydrogen-bond donors (Lipinski definition) is 1. The fourth-order valence-corrected chi connectivity index (χ4v) is 1.27. The molecule has 0 saturated heterocycles. The summed E-state index contributed by atoms with van der Waals surface area (Å²) in [6.07, 6.45) is -2.92. The fraction of sp³-hybridized carbons (Fsp3) is 0.143. The van der Waals surface area contributed by atoms with E-state index in [0.29, 0.717) is 0 Å². The van der Waals surface area contributed by atoms with Crippen molar-refractivity contribution in [3.8, 4) is 0 Å². The summed E-state index contributed by atoms with van der Waals surface area (Å²) in [5.74, 6) is -1.52. The lowest BCUT2D eigenvalue weighted by Gasteiger charge is -2.05. The number of hydrogen-bond acceptors (Lipinski definition) is 2. The first-order valence-corrected chi connectivity index (χ1v) is 4.48. The van der Waals surface area contributed by atoms with E-state index in [1.165, 1.54) is 0 Å². The van der Waals surface area contributed by atoms with Gasteiger partial charge in [0, 0.05) is 0 Å². The first kappa shape index (κ1) is 11.3. The van der Waals surface area contributed by atoms with Crippen LogP contribution in [0.25, 0.3) is 0 Å². The number of carboxylic acids is 1. The molecule has 0 aliphatic carbocycles. The lowest BCUT2D eigenvalue weighted by molar-refractivity contribution is 0.0677. The maximum Gasteiger partial charge on any atom is 0.355 e. The number of alkyl halides is 2. The first-order chi connectivity index (χ1) is 6.43. The van der Waals surface area contributed by atoms with Crippen molar-refractivity contribution in [1.29, 1.82) is 0 Å². The van der Waals surface area contributed by atoms with Crippen LogP contribution in [-0.4, -0.2) is 16.1 Å². The molecule has 0 atom stereocenters. The second-order valence-electron chi connectivity index (χ2n) is 2.30. The van der Waals surface area contributed by atoms with Crippen molar-refractivity contribution in [3.63, 3.8) is 0 Å². The molecule has 14 heavy (non-hydrogen) atoms. The second kappa shape index (κ2) is 4.18. The lowest BCUT2D eigenvalue weighted by Crippen LogP contribution is -2.06. The minimum absolute atomic E-state index is 0.0287. The van der Waals surface area contributed by atoms with Gasteiger partial charge >= 0.3 is 5.97 Å². The zero-order valence-electron chi connectivity index (χ0n) is 6.47. The lowest BCUT2D eigenvalue weighted by atomic mass is 10.2. The number of aromatic nitrogens is 1. The van der Waals surface area contributed by atoms with Gasteiger partial charge in [-0.2, -0.15) is 0 Å². The zero-order chi connectivity index (χ0) is 10.9. The van der Waals surface area contributed by atoms with E-state index in [2.05, 4.69) is 20.9 Å². The maximum absolute atomic E-state index is 12.3. The van der Waals surface area contributed by atoms with Crippen molar-refractivity contribution in [2.75, 3.05) is 0 Å². The zero-order valence-corrected chi connectivity index (χ0v) is 8.81. The summed E-state index contributed by atoms with van der Waals surface area (Å²) < 4.78 is 24.7. The highest BCUT2D eigenvalue weighted by atomic mass is 79.9. The van der Waals surface area contributed by atoms with E-state index in [1.54, 1.807) is 0 Å². The van der Waals surface area contributed by atoms with Crippen LogP contribution in [0.1, 0.15) is 22.5 Å². The van der Waals surface area contributed by atoms with Gasteiger partial charge in [-0.15, -0.1) is 0 Å². The molecular weight excluding hydrogens is 283 g/mol. The van der Waals surface area contributed by atoms with Crippen LogP contribution in [0.5, 0.6) is 0 Å². The third-order valence-corrected chi connectivity index (χ3v) is 2.52. The van der Waals surface area contributed by atoms with Gasteiger partial charge in [0.2, 0.25) is 0 Å². The van der Waals surface area contributed by atoms with E-state index >= 15 is 0 Å². The van der Waals surface area contributed by atoms with Crippen LogP contribution in [0.4, 0.5) is 8.78 Å². The van der Waals surface area contributed by atoms with Crippen molar-refractivity contribution < 1.29 is 18.7 Å². The highest BCUT2D eigenvalue weighted by Crippen LogP contribution is 2.29. The Hall–Kier alpha value is -0.750. The molecule has 1 N–H and O–H groups in total. The summed E-state index contributed by atoms with van der Waals surface area (Å²) in [6, 6.07) is 0.882. The maximum atomic E-state index is 12.3. The molecule has 1 heterocycles. The summed E-state index contributed by atoms with van der Waals surface area (Å²) in [7, 11) is 0. The van der Waals surface area contributed by atoms with Gasteiger partial charge in [-0.3, -0.25) is 0 Å². The molecular formula is C7H3BrClF2NO2. The van der Waals surface area contributed by atoms with Crippen molar-refractivity contribution in [2.45, 2.75) is 6.43 Å². The van der Waals surface area contributed by atoms with E-state index in [9.17, 15) is 13.6 Å². The predicted octanol–water partition coefficient (Wildman–Crippen LogP) is 3.13.